The maximum Gasteiger partial charge on any atom is 0.119 e. The van der Waals surface area contributed by atoms with E-state index < -0.39 is 6.10 Å². The summed E-state index contributed by atoms with van der Waals surface area (Å²) in [6.07, 6.45) is -0.568. The van der Waals surface area contributed by atoms with Crippen LogP contribution in [0.3, 0.4) is 0 Å². The number of hydrogen-bond donors (Lipinski definition) is 1. The highest BCUT2D eigenvalue weighted by atomic mass is 35.5. The van der Waals surface area contributed by atoms with Gasteiger partial charge in [-0.1, -0.05) is 11.6 Å². The Bertz CT molecular complexity index is 308. The molecule has 0 amide bonds. The quantitative estimate of drug-likeness (QED) is 0.796. The molecular formula is C10H13ClO2. The third-order valence-electron chi connectivity index (χ3n) is 1.94. The molecule has 0 aromatic heterocycles. The Morgan fingerprint density at radius 1 is 1.46 bits per heavy atom. The van der Waals surface area contributed by atoms with Crippen molar-refractivity contribution in [1.29, 1.82) is 0 Å². The second kappa shape index (κ2) is 3.99. The molecule has 1 aromatic carbocycles. The zero-order valence-electron chi connectivity index (χ0n) is 7.97. The molecule has 13 heavy (non-hydrogen) atoms. The highest BCUT2D eigenvalue weighted by molar-refractivity contribution is 6.32. The third-order valence-corrected chi connectivity index (χ3v) is 2.46. The van der Waals surface area contributed by atoms with Gasteiger partial charge in [-0.2, -0.15) is 0 Å². The van der Waals surface area contributed by atoms with Gasteiger partial charge < -0.3 is 9.84 Å². The minimum Gasteiger partial charge on any atom is -0.497 e. The molecule has 1 rings (SSSR count). The number of rotatable bonds is 2. The van der Waals surface area contributed by atoms with Gasteiger partial charge in [0, 0.05) is 10.6 Å². The number of benzene rings is 1. The monoisotopic (exact) mass is 200 g/mol. The Hall–Kier alpha value is -0.730. The molecule has 0 saturated heterocycles. The van der Waals surface area contributed by atoms with Gasteiger partial charge in [0.2, 0.25) is 0 Å². The number of ether oxygens (including phenoxy) is 1. The first kappa shape index (κ1) is 10.4. The second-order valence-corrected chi connectivity index (χ2v) is 3.40. The lowest BCUT2D eigenvalue weighted by atomic mass is 10.1. The maximum atomic E-state index is 9.41. The lowest BCUT2D eigenvalue weighted by Gasteiger charge is -2.11. The summed E-state index contributed by atoms with van der Waals surface area (Å²) in [5.74, 6) is 0.720. The van der Waals surface area contributed by atoms with Crippen LogP contribution in [0.25, 0.3) is 0 Å². The predicted molar refractivity (Wildman–Crippen MR) is 53.4 cm³/mol. The molecule has 0 aliphatic rings. The summed E-state index contributed by atoms with van der Waals surface area (Å²) in [5.41, 5.74) is 1.62. The fraction of sp³-hybridized carbons (Fsp3) is 0.400. The van der Waals surface area contributed by atoms with E-state index in [-0.39, 0.29) is 0 Å². The van der Waals surface area contributed by atoms with Gasteiger partial charge in [-0.15, -0.1) is 0 Å². The van der Waals surface area contributed by atoms with E-state index in [0.29, 0.717) is 10.6 Å². The van der Waals surface area contributed by atoms with E-state index in [9.17, 15) is 5.11 Å². The van der Waals surface area contributed by atoms with E-state index in [2.05, 4.69) is 0 Å². The summed E-state index contributed by atoms with van der Waals surface area (Å²) >= 11 is 6.00. The van der Waals surface area contributed by atoms with E-state index in [4.69, 9.17) is 16.3 Å². The molecular weight excluding hydrogens is 188 g/mol. The molecule has 0 heterocycles. The average molecular weight is 201 g/mol. The standard InChI is InChI=1S/C10H13ClO2/c1-6-4-8(13-3)5-9(7(2)12)10(6)11/h4-5,7,12H,1-3H3. The summed E-state index contributed by atoms with van der Waals surface area (Å²) in [5, 5.41) is 10.0. The molecule has 1 unspecified atom stereocenters. The van der Waals surface area contributed by atoms with E-state index in [0.717, 1.165) is 11.3 Å². The summed E-state index contributed by atoms with van der Waals surface area (Å²) in [6, 6.07) is 3.59. The number of halogens is 1. The lowest BCUT2D eigenvalue weighted by molar-refractivity contribution is 0.199. The van der Waals surface area contributed by atoms with Gasteiger partial charge in [0.1, 0.15) is 5.75 Å². The van der Waals surface area contributed by atoms with E-state index in [1.807, 2.05) is 13.0 Å². The first-order valence-corrected chi connectivity index (χ1v) is 4.46. The van der Waals surface area contributed by atoms with Gasteiger partial charge >= 0.3 is 0 Å². The minimum absolute atomic E-state index is 0.568. The van der Waals surface area contributed by atoms with Crippen LogP contribution in [0.15, 0.2) is 12.1 Å². The molecule has 0 radical (unpaired) electrons. The van der Waals surface area contributed by atoms with Gasteiger partial charge in [-0.3, -0.25) is 0 Å². The van der Waals surface area contributed by atoms with Crippen LogP contribution in [0.4, 0.5) is 0 Å². The molecule has 0 fully saturated rings. The van der Waals surface area contributed by atoms with Crippen LogP contribution in [0, 0.1) is 6.92 Å². The van der Waals surface area contributed by atoms with Crippen molar-refractivity contribution in [2.75, 3.05) is 7.11 Å². The van der Waals surface area contributed by atoms with Crippen molar-refractivity contribution in [1.82, 2.24) is 0 Å². The van der Waals surface area contributed by atoms with Crippen LogP contribution < -0.4 is 4.74 Å². The average Bonchev–Trinajstić information content (AvgIpc) is 2.09. The molecule has 1 atom stereocenters. The predicted octanol–water partition coefficient (Wildman–Crippen LogP) is 2.71. The fourth-order valence-corrected chi connectivity index (χ4v) is 1.45. The fourth-order valence-electron chi connectivity index (χ4n) is 1.18. The Labute approximate surface area is 83.1 Å². The van der Waals surface area contributed by atoms with Crippen molar-refractivity contribution in [2.45, 2.75) is 20.0 Å². The van der Waals surface area contributed by atoms with E-state index in [1.165, 1.54) is 0 Å². The largest absolute Gasteiger partial charge is 0.497 e. The number of methoxy groups -OCH3 is 1. The van der Waals surface area contributed by atoms with Gasteiger partial charge in [0.05, 0.1) is 13.2 Å². The first-order valence-electron chi connectivity index (χ1n) is 4.08. The highest BCUT2D eigenvalue weighted by Gasteiger charge is 2.10. The zero-order chi connectivity index (χ0) is 10.0. The highest BCUT2D eigenvalue weighted by Crippen LogP contribution is 2.30. The van der Waals surface area contributed by atoms with Crippen LogP contribution in [0.2, 0.25) is 5.02 Å². The van der Waals surface area contributed by atoms with Crippen LogP contribution in [0.1, 0.15) is 24.2 Å². The molecule has 0 bridgehead atoms. The van der Waals surface area contributed by atoms with Crippen molar-refractivity contribution < 1.29 is 9.84 Å². The topological polar surface area (TPSA) is 29.5 Å². The number of aliphatic hydroxyl groups excluding tert-OH is 1. The zero-order valence-corrected chi connectivity index (χ0v) is 8.72. The molecule has 72 valence electrons. The molecule has 0 saturated carbocycles. The summed E-state index contributed by atoms with van der Waals surface area (Å²) in [6.45, 7) is 3.57. The Balaban J connectivity index is 3.25. The van der Waals surface area contributed by atoms with Crippen LogP contribution in [0.5, 0.6) is 5.75 Å². The smallest absolute Gasteiger partial charge is 0.119 e. The SMILES string of the molecule is COc1cc(C)c(Cl)c(C(C)O)c1. The summed E-state index contributed by atoms with van der Waals surface area (Å²) < 4.78 is 5.07. The third kappa shape index (κ3) is 2.14. The molecule has 1 N–H and O–H groups in total. The van der Waals surface area contributed by atoms with Gasteiger partial charge in [0.15, 0.2) is 0 Å². The minimum atomic E-state index is -0.568. The second-order valence-electron chi connectivity index (χ2n) is 3.02. The van der Waals surface area contributed by atoms with Gasteiger partial charge in [-0.05, 0) is 31.5 Å². The van der Waals surface area contributed by atoms with Crippen molar-refractivity contribution in [3.63, 3.8) is 0 Å². The van der Waals surface area contributed by atoms with Crippen molar-refractivity contribution in [3.05, 3.63) is 28.3 Å². The van der Waals surface area contributed by atoms with Crippen molar-refractivity contribution >= 4 is 11.6 Å². The van der Waals surface area contributed by atoms with E-state index >= 15 is 0 Å². The molecule has 0 aliphatic heterocycles. The summed E-state index contributed by atoms with van der Waals surface area (Å²) in [4.78, 5) is 0. The molecule has 0 aliphatic carbocycles. The van der Waals surface area contributed by atoms with E-state index in [1.54, 1.807) is 20.1 Å². The molecule has 1 aromatic rings. The Morgan fingerprint density at radius 3 is 2.54 bits per heavy atom. The Kier molecular flexibility index (Phi) is 3.17. The maximum absolute atomic E-state index is 9.41. The van der Waals surface area contributed by atoms with Crippen molar-refractivity contribution in [2.24, 2.45) is 0 Å². The molecule has 0 spiro atoms. The number of hydrogen-bond acceptors (Lipinski definition) is 2. The molecule has 3 heteroatoms. The van der Waals surface area contributed by atoms with Gasteiger partial charge in [-0.25, -0.2) is 0 Å². The first-order chi connectivity index (χ1) is 6.06. The lowest BCUT2D eigenvalue weighted by Crippen LogP contribution is -1.96. The van der Waals surface area contributed by atoms with Crippen molar-refractivity contribution in [3.8, 4) is 5.75 Å². The summed E-state index contributed by atoms with van der Waals surface area (Å²) in [7, 11) is 1.59. The number of aliphatic hydroxyl groups is 1. The normalized spacial score (nSPS) is 12.7. The Morgan fingerprint density at radius 2 is 2.08 bits per heavy atom. The van der Waals surface area contributed by atoms with Gasteiger partial charge in [0.25, 0.3) is 0 Å². The van der Waals surface area contributed by atoms with Crippen LogP contribution >= 0.6 is 11.6 Å². The molecule has 2 nitrogen and oxygen atoms in total. The van der Waals surface area contributed by atoms with Crippen LogP contribution in [-0.2, 0) is 0 Å². The van der Waals surface area contributed by atoms with Crippen LogP contribution in [-0.4, -0.2) is 12.2 Å². The number of aryl methyl sites for hydroxylation is 1.